The summed E-state index contributed by atoms with van der Waals surface area (Å²) in [5.74, 6) is 0. The van der Waals surface area contributed by atoms with E-state index in [0.717, 1.165) is 0 Å². The molecule has 1 aliphatic rings. The molecule has 0 saturated heterocycles. The molecule has 0 aliphatic heterocycles. The SMILES string of the molecule is C1=CCCC1.O.[AlH3]. The van der Waals surface area contributed by atoms with Crippen LogP contribution >= 0.6 is 0 Å². The standard InChI is InChI=1S/C5H8.Al.H2O.3H/c1-2-4-5-3-1;;;;;/h1-2H,3-5H2;;1H2;;;. The largest absolute Gasteiger partial charge is 0.412 e. The van der Waals surface area contributed by atoms with Crippen LogP contribution in [-0.4, -0.2) is 22.8 Å². The van der Waals surface area contributed by atoms with Gasteiger partial charge in [0, 0.05) is 0 Å². The van der Waals surface area contributed by atoms with Gasteiger partial charge >= 0.3 is 0 Å². The van der Waals surface area contributed by atoms with Crippen LogP contribution < -0.4 is 0 Å². The maximum atomic E-state index is 2.24. The van der Waals surface area contributed by atoms with E-state index in [1.165, 1.54) is 19.3 Å². The smallest absolute Gasteiger partial charge is 0.187 e. The van der Waals surface area contributed by atoms with Crippen LogP contribution in [0.5, 0.6) is 0 Å². The highest BCUT2D eigenvalue weighted by Crippen LogP contribution is 2.05. The Morgan fingerprint density at radius 3 is 1.57 bits per heavy atom. The quantitative estimate of drug-likeness (QED) is 0.308. The second-order valence-electron chi connectivity index (χ2n) is 1.40. The van der Waals surface area contributed by atoms with Crippen molar-refractivity contribution in [3.05, 3.63) is 12.2 Å². The molecule has 0 fully saturated rings. The summed E-state index contributed by atoms with van der Waals surface area (Å²) in [4.78, 5) is 0. The predicted octanol–water partition coefficient (Wildman–Crippen LogP) is -0.282. The minimum atomic E-state index is 0. The molecule has 0 bridgehead atoms. The monoisotopic (exact) mass is 116 g/mol. The highest BCUT2D eigenvalue weighted by molar-refractivity contribution is 5.75. The first-order valence-electron chi connectivity index (χ1n) is 2.15. The number of hydrogen-bond acceptors (Lipinski definition) is 0. The molecule has 42 valence electrons. The lowest BCUT2D eigenvalue weighted by atomic mass is 10.4. The highest BCUT2D eigenvalue weighted by Gasteiger charge is 1.84. The first-order valence-corrected chi connectivity index (χ1v) is 2.15. The van der Waals surface area contributed by atoms with E-state index < -0.39 is 0 Å². The fraction of sp³-hybridized carbons (Fsp3) is 0.600. The minimum absolute atomic E-state index is 0. The van der Waals surface area contributed by atoms with Gasteiger partial charge in [-0.15, -0.1) is 0 Å². The molecule has 0 amide bonds. The molecule has 0 aromatic carbocycles. The van der Waals surface area contributed by atoms with E-state index in [4.69, 9.17) is 0 Å². The third-order valence-electron chi connectivity index (χ3n) is 0.908. The van der Waals surface area contributed by atoms with Crippen molar-refractivity contribution >= 4 is 17.4 Å². The number of allylic oxidation sites excluding steroid dienone is 2. The lowest BCUT2D eigenvalue weighted by Crippen LogP contribution is -1.50. The fourth-order valence-corrected chi connectivity index (χ4v) is 0.589. The average Bonchev–Trinajstić information content (AvgIpc) is 1.76. The average molecular weight is 116 g/mol. The molecule has 0 aromatic rings. The van der Waals surface area contributed by atoms with Crippen molar-refractivity contribution in [3.8, 4) is 0 Å². The summed E-state index contributed by atoms with van der Waals surface area (Å²) in [5, 5.41) is 0. The van der Waals surface area contributed by atoms with Crippen molar-refractivity contribution in [2.75, 3.05) is 0 Å². The van der Waals surface area contributed by atoms with Crippen LogP contribution in [0.25, 0.3) is 0 Å². The maximum absolute atomic E-state index is 2.24. The summed E-state index contributed by atoms with van der Waals surface area (Å²) in [6, 6.07) is 0. The van der Waals surface area contributed by atoms with E-state index in [2.05, 4.69) is 12.2 Å². The van der Waals surface area contributed by atoms with E-state index in [0.29, 0.717) is 0 Å². The zero-order chi connectivity index (χ0) is 3.54. The molecule has 0 heterocycles. The first kappa shape index (κ1) is 10.3. The molecule has 7 heavy (non-hydrogen) atoms. The molecular formula is C5H13AlO. The second kappa shape index (κ2) is 6.23. The first-order chi connectivity index (χ1) is 2.50. The van der Waals surface area contributed by atoms with Gasteiger partial charge < -0.3 is 5.48 Å². The molecule has 0 spiro atoms. The van der Waals surface area contributed by atoms with E-state index in [-0.39, 0.29) is 22.8 Å². The Morgan fingerprint density at radius 1 is 1.00 bits per heavy atom. The number of rotatable bonds is 0. The molecule has 0 saturated carbocycles. The van der Waals surface area contributed by atoms with Crippen molar-refractivity contribution in [2.45, 2.75) is 19.3 Å². The normalized spacial score (nSPS) is 14.9. The molecule has 1 aliphatic carbocycles. The van der Waals surface area contributed by atoms with Crippen molar-refractivity contribution in [3.63, 3.8) is 0 Å². The van der Waals surface area contributed by atoms with Gasteiger partial charge in [-0.25, -0.2) is 0 Å². The van der Waals surface area contributed by atoms with Gasteiger partial charge in [-0.2, -0.15) is 0 Å². The van der Waals surface area contributed by atoms with Gasteiger partial charge in [0.05, 0.1) is 0 Å². The van der Waals surface area contributed by atoms with Crippen LogP contribution in [-0.2, 0) is 0 Å². The van der Waals surface area contributed by atoms with E-state index in [9.17, 15) is 0 Å². The Morgan fingerprint density at radius 2 is 1.43 bits per heavy atom. The summed E-state index contributed by atoms with van der Waals surface area (Å²) in [5.41, 5.74) is 0. The van der Waals surface area contributed by atoms with Crippen molar-refractivity contribution < 1.29 is 5.48 Å². The molecule has 0 aromatic heterocycles. The fourth-order valence-electron chi connectivity index (χ4n) is 0.589. The van der Waals surface area contributed by atoms with Gasteiger partial charge in [-0.1, -0.05) is 12.2 Å². The van der Waals surface area contributed by atoms with Gasteiger partial charge in [-0.05, 0) is 19.3 Å². The number of hydrogen-bond donors (Lipinski definition) is 0. The van der Waals surface area contributed by atoms with Gasteiger partial charge in [0.25, 0.3) is 0 Å². The zero-order valence-electron chi connectivity index (χ0n) is 3.78. The van der Waals surface area contributed by atoms with Crippen LogP contribution in [0.3, 0.4) is 0 Å². The summed E-state index contributed by atoms with van der Waals surface area (Å²) in [6.45, 7) is 0. The van der Waals surface area contributed by atoms with Crippen LogP contribution in [0.4, 0.5) is 0 Å². The van der Waals surface area contributed by atoms with Crippen LogP contribution in [0.15, 0.2) is 12.2 Å². The van der Waals surface area contributed by atoms with Crippen molar-refractivity contribution in [1.29, 1.82) is 0 Å². The lowest BCUT2D eigenvalue weighted by molar-refractivity contribution is 0.824. The van der Waals surface area contributed by atoms with Crippen LogP contribution in [0.2, 0.25) is 0 Å². The van der Waals surface area contributed by atoms with Gasteiger partial charge in [0.15, 0.2) is 17.4 Å². The minimum Gasteiger partial charge on any atom is -0.412 e. The predicted molar refractivity (Wildman–Crippen MR) is 36.5 cm³/mol. The molecule has 0 atom stereocenters. The Balaban J connectivity index is 0. The zero-order valence-corrected chi connectivity index (χ0v) is 3.78. The maximum Gasteiger partial charge on any atom is 0.187 e. The van der Waals surface area contributed by atoms with Crippen molar-refractivity contribution in [2.24, 2.45) is 0 Å². The Bertz CT molecular complexity index is 46.0. The van der Waals surface area contributed by atoms with Gasteiger partial charge in [0.1, 0.15) is 0 Å². The molecule has 1 rings (SSSR count). The van der Waals surface area contributed by atoms with Gasteiger partial charge in [-0.3, -0.25) is 0 Å². The van der Waals surface area contributed by atoms with E-state index in [1.54, 1.807) is 0 Å². The van der Waals surface area contributed by atoms with Crippen LogP contribution in [0.1, 0.15) is 19.3 Å². The third kappa shape index (κ3) is 4.08. The Labute approximate surface area is 54.9 Å². The third-order valence-corrected chi connectivity index (χ3v) is 0.908. The summed E-state index contributed by atoms with van der Waals surface area (Å²) >= 11 is 0. The van der Waals surface area contributed by atoms with E-state index >= 15 is 0 Å². The topological polar surface area (TPSA) is 31.5 Å². The lowest BCUT2D eigenvalue weighted by Gasteiger charge is -1.69. The molecule has 0 radical (unpaired) electrons. The summed E-state index contributed by atoms with van der Waals surface area (Å²) in [6.07, 6.45) is 8.50. The van der Waals surface area contributed by atoms with Crippen LogP contribution in [0, 0.1) is 0 Å². The molecule has 2 N–H and O–H groups in total. The molecular weight excluding hydrogens is 103 g/mol. The molecule has 2 heteroatoms. The van der Waals surface area contributed by atoms with Crippen molar-refractivity contribution in [1.82, 2.24) is 0 Å². The summed E-state index contributed by atoms with van der Waals surface area (Å²) in [7, 11) is 0. The van der Waals surface area contributed by atoms with Gasteiger partial charge in [0.2, 0.25) is 0 Å². The second-order valence-corrected chi connectivity index (χ2v) is 1.40. The highest BCUT2D eigenvalue weighted by atomic mass is 27.0. The molecule has 1 nitrogen and oxygen atoms in total. The Hall–Kier alpha value is 0.232. The summed E-state index contributed by atoms with van der Waals surface area (Å²) < 4.78 is 0. The van der Waals surface area contributed by atoms with E-state index in [1.807, 2.05) is 0 Å². The Kier molecular flexibility index (Phi) is 9.14. The molecule has 0 unspecified atom stereocenters.